The molecule has 0 aliphatic carbocycles. The van der Waals surface area contributed by atoms with Gasteiger partial charge >= 0.3 is 5.97 Å². The molecule has 1 aromatic carbocycles. The fraction of sp³-hybridized carbons (Fsp3) is 0.143. The lowest BCUT2D eigenvalue weighted by Gasteiger charge is -2.05. The van der Waals surface area contributed by atoms with Gasteiger partial charge in [-0.3, -0.25) is 4.79 Å². The molecular weight excluding hydrogens is 294 g/mol. The van der Waals surface area contributed by atoms with E-state index in [4.69, 9.17) is 11.6 Å². The summed E-state index contributed by atoms with van der Waals surface area (Å²) in [6.45, 7) is 0.310. The van der Waals surface area contributed by atoms with Crippen LogP contribution in [0.15, 0.2) is 36.7 Å². The van der Waals surface area contributed by atoms with Crippen LogP contribution < -0.4 is 5.32 Å². The van der Waals surface area contributed by atoms with E-state index in [-0.39, 0.29) is 16.8 Å². The topological polar surface area (TPSA) is 81.2 Å². The number of methoxy groups -OCH3 is 1. The Hall–Kier alpha value is -2.47. The van der Waals surface area contributed by atoms with Crippen molar-refractivity contribution in [2.24, 2.45) is 0 Å². The van der Waals surface area contributed by atoms with Gasteiger partial charge in [0.2, 0.25) is 0 Å². The van der Waals surface area contributed by atoms with Gasteiger partial charge < -0.3 is 10.1 Å². The zero-order valence-corrected chi connectivity index (χ0v) is 11.9. The minimum absolute atomic E-state index is 0.186. The number of aromatic nitrogens is 2. The van der Waals surface area contributed by atoms with Crippen molar-refractivity contribution in [2.45, 2.75) is 6.54 Å². The van der Waals surface area contributed by atoms with Crippen molar-refractivity contribution in [2.75, 3.05) is 7.11 Å². The quantitative estimate of drug-likeness (QED) is 0.872. The normalized spacial score (nSPS) is 10.0. The molecule has 21 heavy (non-hydrogen) atoms. The smallest absolute Gasteiger partial charge is 0.337 e. The fourth-order valence-electron chi connectivity index (χ4n) is 1.58. The van der Waals surface area contributed by atoms with Crippen LogP contribution in [0.1, 0.15) is 26.4 Å². The van der Waals surface area contributed by atoms with Crippen LogP contribution in [0, 0.1) is 0 Å². The highest BCUT2D eigenvalue weighted by molar-refractivity contribution is 6.29. The van der Waals surface area contributed by atoms with Crippen molar-refractivity contribution in [3.63, 3.8) is 0 Å². The molecule has 0 unspecified atom stereocenters. The van der Waals surface area contributed by atoms with Crippen molar-refractivity contribution in [1.29, 1.82) is 0 Å². The Balaban J connectivity index is 1.95. The zero-order valence-electron chi connectivity index (χ0n) is 11.2. The summed E-state index contributed by atoms with van der Waals surface area (Å²) >= 11 is 5.60. The summed E-state index contributed by atoms with van der Waals surface area (Å²) in [7, 11) is 1.32. The SMILES string of the molecule is COC(=O)c1ccc(CNC(=O)c2cnc(Cl)cn2)cc1. The highest BCUT2D eigenvalue weighted by atomic mass is 35.5. The molecule has 1 N–H and O–H groups in total. The predicted octanol–water partition coefficient (Wildman–Crippen LogP) is 1.85. The number of esters is 1. The Kier molecular flexibility index (Phi) is 4.84. The highest BCUT2D eigenvalue weighted by Gasteiger charge is 2.08. The standard InChI is InChI=1S/C14H12ClN3O3/c1-21-14(20)10-4-2-9(3-5-10)6-18-13(19)11-7-17-12(15)8-16-11/h2-5,7-8H,6H2,1H3,(H,18,19). The van der Waals surface area contributed by atoms with E-state index in [0.717, 1.165) is 5.56 Å². The molecule has 0 saturated heterocycles. The molecule has 6 nitrogen and oxygen atoms in total. The largest absolute Gasteiger partial charge is 0.465 e. The number of carbonyl (C=O) groups is 2. The molecule has 0 radical (unpaired) electrons. The van der Waals surface area contributed by atoms with Gasteiger partial charge in [0.05, 0.1) is 25.1 Å². The van der Waals surface area contributed by atoms with Crippen molar-refractivity contribution in [3.05, 3.63) is 58.6 Å². The number of rotatable bonds is 4. The number of amides is 1. The second-order valence-electron chi connectivity index (χ2n) is 4.10. The highest BCUT2D eigenvalue weighted by Crippen LogP contribution is 2.06. The van der Waals surface area contributed by atoms with Gasteiger partial charge in [-0.15, -0.1) is 0 Å². The second kappa shape index (κ2) is 6.81. The Morgan fingerprint density at radius 2 is 1.90 bits per heavy atom. The molecule has 108 valence electrons. The third-order valence-electron chi connectivity index (χ3n) is 2.68. The van der Waals surface area contributed by atoms with Crippen molar-refractivity contribution in [3.8, 4) is 0 Å². The van der Waals surface area contributed by atoms with Gasteiger partial charge in [0.1, 0.15) is 10.8 Å². The maximum absolute atomic E-state index is 11.8. The Morgan fingerprint density at radius 3 is 2.48 bits per heavy atom. The van der Waals surface area contributed by atoms with E-state index in [9.17, 15) is 9.59 Å². The fourth-order valence-corrected chi connectivity index (χ4v) is 1.68. The van der Waals surface area contributed by atoms with E-state index in [0.29, 0.717) is 12.1 Å². The van der Waals surface area contributed by atoms with E-state index < -0.39 is 5.97 Å². The van der Waals surface area contributed by atoms with E-state index in [1.54, 1.807) is 24.3 Å². The number of benzene rings is 1. The Labute approximate surface area is 126 Å². The molecule has 1 aromatic heterocycles. The average Bonchev–Trinajstić information content (AvgIpc) is 2.53. The van der Waals surface area contributed by atoms with Gasteiger partial charge in [-0.05, 0) is 17.7 Å². The molecule has 2 rings (SSSR count). The van der Waals surface area contributed by atoms with Gasteiger partial charge in [0.25, 0.3) is 5.91 Å². The number of halogens is 1. The summed E-state index contributed by atoms with van der Waals surface area (Å²) in [5, 5.41) is 2.92. The molecule has 7 heteroatoms. The maximum atomic E-state index is 11.8. The summed E-state index contributed by atoms with van der Waals surface area (Å²) in [6.07, 6.45) is 2.61. The molecule has 0 aliphatic heterocycles. The van der Waals surface area contributed by atoms with E-state index >= 15 is 0 Å². The molecular formula is C14H12ClN3O3. The number of hydrogen-bond acceptors (Lipinski definition) is 5. The monoisotopic (exact) mass is 305 g/mol. The summed E-state index contributed by atoms with van der Waals surface area (Å²) in [6, 6.07) is 6.74. The van der Waals surface area contributed by atoms with Crippen molar-refractivity contribution in [1.82, 2.24) is 15.3 Å². The minimum atomic E-state index is -0.401. The van der Waals surface area contributed by atoms with E-state index in [2.05, 4.69) is 20.0 Å². The molecule has 1 heterocycles. The third-order valence-corrected chi connectivity index (χ3v) is 2.88. The number of nitrogens with zero attached hydrogens (tertiary/aromatic N) is 2. The van der Waals surface area contributed by atoms with Gasteiger partial charge in [-0.25, -0.2) is 14.8 Å². The van der Waals surface area contributed by atoms with Gasteiger partial charge in [0.15, 0.2) is 0 Å². The molecule has 0 bridgehead atoms. The van der Waals surface area contributed by atoms with Gasteiger partial charge in [-0.2, -0.15) is 0 Å². The van der Waals surface area contributed by atoms with Crippen LogP contribution in [0.25, 0.3) is 0 Å². The second-order valence-corrected chi connectivity index (χ2v) is 4.48. The Bertz CT molecular complexity index is 642. The Morgan fingerprint density at radius 1 is 1.19 bits per heavy atom. The van der Waals surface area contributed by atoms with Gasteiger partial charge in [0, 0.05) is 6.54 Å². The van der Waals surface area contributed by atoms with Crippen LogP contribution in [0.3, 0.4) is 0 Å². The first-order valence-corrected chi connectivity index (χ1v) is 6.41. The van der Waals surface area contributed by atoms with Crippen LogP contribution in [0.5, 0.6) is 0 Å². The van der Waals surface area contributed by atoms with E-state index in [1.165, 1.54) is 19.5 Å². The van der Waals surface area contributed by atoms with Crippen LogP contribution in [-0.4, -0.2) is 29.0 Å². The van der Waals surface area contributed by atoms with Crippen LogP contribution in [0.4, 0.5) is 0 Å². The van der Waals surface area contributed by atoms with Crippen molar-refractivity contribution < 1.29 is 14.3 Å². The molecule has 1 amide bonds. The summed E-state index contributed by atoms with van der Waals surface area (Å²) in [4.78, 5) is 30.8. The first-order valence-electron chi connectivity index (χ1n) is 6.03. The van der Waals surface area contributed by atoms with Crippen LogP contribution in [-0.2, 0) is 11.3 Å². The first-order chi connectivity index (χ1) is 10.1. The third kappa shape index (κ3) is 4.00. The molecule has 0 spiro atoms. The molecule has 0 aliphatic rings. The molecule has 0 saturated carbocycles. The lowest BCUT2D eigenvalue weighted by molar-refractivity contribution is 0.0600. The number of carbonyl (C=O) groups excluding carboxylic acids is 2. The molecule has 0 atom stereocenters. The molecule has 0 fully saturated rings. The minimum Gasteiger partial charge on any atom is -0.465 e. The summed E-state index contributed by atoms with van der Waals surface area (Å²) in [5.41, 5.74) is 1.49. The predicted molar refractivity (Wildman–Crippen MR) is 76.0 cm³/mol. The number of nitrogens with one attached hydrogen (secondary N) is 1. The van der Waals surface area contributed by atoms with Crippen LogP contribution >= 0.6 is 11.6 Å². The van der Waals surface area contributed by atoms with E-state index in [1.807, 2.05) is 0 Å². The lowest BCUT2D eigenvalue weighted by atomic mass is 10.1. The van der Waals surface area contributed by atoms with Gasteiger partial charge in [-0.1, -0.05) is 23.7 Å². The van der Waals surface area contributed by atoms with Crippen molar-refractivity contribution >= 4 is 23.5 Å². The summed E-state index contributed by atoms with van der Waals surface area (Å²) < 4.78 is 4.61. The summed E-state index contributed by atoms with van der Waals surface area (Å²) in [5.74, 6) is -0.752. The lowest BCUT2D eigenvalue weighted by Crippen LogP contribution is -2.23. The average molecular weight is 306 g/mol. The number of hydrogen-bond donors (Lipinski definition) is 1. The maximum Gasteiger partial charge on any atom is 0.337 e. The van der Waals surface area contributed by atoms with Crippen LogP contribution in [0.2, 0.25) is 5.15 Å². The number of ether oxygens (including phenoxy) is 1. The first kappa shape index (κ1) is 14.9. The zero-order chi connectivity index (χ0) is 15.2. The molecule has 2 aromatic rings.